The Balaban J connectivity index is 1.48. The maximum Gasteiger partial charge on any atom is 0.226 e. The van der Waals surface area contributed by atoms with E-state index in [0.717, 1.165) is 64.6 Å². The molecule has 1 aromatic rings. The molecule has 4 rings (SSSR count). The summed E-state index contributed by atoms with van der Waals surface area (Å²) < 4.78 is 7.68. The molecule has 3 heterocycles. The van der Waals surface area contributed by atoms with Crippen LogP contribution in [0.4, 0.5) is 0 Å². The zero-order valence-electron chi connectivity index (χ0n) is 14.1. The Morgan fingerprint density at radius 1 is 1.21 bits per heavy atom. The molecule has 3 aliphatic rings. The number of aromatic nitrogens is 2. The summed E-state index contributed by atoms with van der Waals surface area (Å²) in [6, 6.07) is 0. The SMILES string of the molecule is O=C(C1CC=CC1)N1Cc2nccn2CC(CN2CCOCC2)C1. The Kier molecular flexibility index (Phi) is 4.67. The number of hydrogen-bond acceptors (Lipinski definition) is 4. The van der Waals surface area contributed by atoms with Crippen LogP contribution in [0, 0.1) is 11.8 Å². The van der Waals surface area contributed by atoms with Gasteiger partial charge in [0.25, 0.3) is 0 Å². The lowest BCUT2D eigenvalue weighted by atomic mass is 10.0. The van der Waals surface area contributed by atoms with E-state index in [0.29, 0.717) is 18.4 Å². The number of morpholine rings is 1. The number of rotatable bonds is 3. The van der Waals surface area contributed by atoms with Crippen molar-refractivity contribution < 1.29 is 9.53 Å². The number of nitrogens with zero attached hydrogens (tertiary/aromatic N) is 4. The Morgan fingerprint density at radius 3 is 2.79 bits per heavy atom. The molecule has 0 N–H and O–H groups in total. The van der Waals surface area contributed by atoms with Crippen LogP contribution in [-0.2, 0) is 22.6 Å². The summed E-state index contributed by atoms with van der Waals surface area (Å²) >= 11 is 0. The number of hydrogen-bond donors (Lipinski definition) is 0. The van der Waals surface area contributed by atoms with Crippen molar-refractivity contribution in [3.8, 4) is 0 Å². The lowest BCUT2D eigenvalue weighted by Crippen LogP contribution is -2.44. The number of carbonyl (C=O) groups is 1. The smallest absolute Gasteiger partial charge is 0.226 e. The summed E-state index contributed by atoms with van der Waals surface area (Å²) in [5.41, 5.74) is 0. The summed E-state index contributed by atoms with van der Waals surface area (Å²) in [4.78, 5) is 21.9. The van der Waals surface area contributed by atoms with Crippen LogP contribution >= 0.6 is 0 Å². The second-order valence-electron chi connectivity index (χ2n) is 7.13. The molecule has 130 valence electrons. The van der Waals surface area contributed by atoms with E-state index in [2.05, 4.69) is 31.5 Å². The van der Waals surface area contributed by atoms with Gasteiger partial charge in [-0.15, -0.1) is 0 Å². The molecule has 1 atom stereocenters. The van der Waals surface area contributed by atoms with E-state index in [1.807, 2.05) is 12.4 Å². The first-order valence-corrected chi connectivity index (χ1v) is 9.03. The third kappa shape index (κ3) is 3.39. The van der Waals surface area contributed by atoms with E-state index in [4.69, 9.17) is 4.74 Å². The summed E-state index contributed by atoms with van der Waals surface area (Å²) in [6.07, 6.45) is 9.94. The molecule has 1 fully saturated rings. The van der Waals surface area contributed by atoms with E-state index < -0.39 is 0 Å². The van der Waals surface area contributed by atoms with E-state index in [-0.39, 0.29) is 5.92 Å². The highest BCUT2D eigenvalue weighted by atomic mass is 16.5. The van der Waals surface area contributed by atoms with Gasteiger partial charge in [-0.1, -0.05) is 12.2 Å². The van der Waals surface area contributed by atoms with E-state index >= 15 is 0 Å². The predicted octanol–water partition coefficient (Wildman–Crippen LogP) is 1.14. The normalized spacial score (nSPS) is 25.7. The van der Waals surface area contributed by atoms with E-state index in [9.17, 15) is 4.79 Å². The van der Waals surface area contributed by atoms with Gasteiger partial charge in [0.1, 0.15) is 5.82 Å². The van der Waals surface area contributed by atoms with E-state index in [1.54, 1.807) is 0 Å². The second kappa shape index (κ2) is 7.07. The fraction of sp³-hybridized carbons (Fsp3) is 0.667. The van der Waals surface area contributed by atoms with Crippen LogP contribution < -0.4 is 0 Å². The Hall–Kier alpha value is -1.66. The third-order valence-electron chi connectivity index (χ3n) is 5.36. The highest BCUT2D eigenvalue weighted by molar-refractivity contribution is 5.79. The van der Waals surface area contributed by atoms with Crippen LogP contribution in [0.3, 0.4) is 0 Å². The van der Waals surface area contributed by atoms with Crippen LogP contribution in [-0.4, -0.2) is 64.7 Å². The number of fused-ring (bicyclic) bond motifs is 1. The number of allylic oxidation sites excluding steroid dienone is 2. The van der Waals surface area contributed by atoms with Crippen molar-refractivity contribution >= 4 is 5.91 Å². The summed E-state index contributed by atoms with van der Waals surface area (Å²) in [6.45, 7) is 7.06. The molecule has 6 heteroatoms. The molecular formula is C18H26N4O2. The van der Waals surface area contributed by atoms with Gasteiger partial charge in [0.05, 0.1) is 19.8 Å². The standard InChI is InChI=1S/C18H26N4O2/c23-18(16-3-1-2-4-16)22-13-15(11-20-7-9-24-10-8-20)12-21-6-5-19-17(21)14-22/h1-2,5-6,15-16H,3-4,7-14H2. The van der Waals surface area contributed by atoms with Crippen molar-refractivity contribution in [3.63, 3.8) is 0 Å². The molecule has 1 aromatic heterocycles. The Bertz CT molecular complexity index is 598. The zero-order valence-corrected chi connectivity index (χ0v) is 14.1. The minimum Gasteiger partial charge on any atom is -0.379 e. The van der Waals surface area contributed by atoms with Gasteiger partial charge in [-0.3, -0.25) is 9.69 Å². The minimum atomic E-state index is 0.135. The van der Waals surface area contributed by atoms with Crippen LogP contribution in [0.1, 0.15) is 18.7 Å². The second-order valence-corrected chi connectivity index (χ2v) is 7.13. The van der Waals surface area contributed by atoms with Crippen molar-refractivity contribution in [2.24, 2.45) is 11.8 Å². The highest BCUT2D eigenvalue weighted by Crippen LogP contribution is 2.24. The topological polar surface area (TPSA) is 50.6 Å². The molecule has 0 saturated carbocycles. The first-order valence-electron chi connectivity index (χ1n) is 9.03. The molecule has 0 aromatic carbocycles. The van der Waals surface area contributed by atoms with Gasteiger partial charge in [-0.2, -0.15) is 0 Å². The number of imidazole rings is 1. The van der Waals surface area contributed by atoms with Gasteiger partial charge in [0.15, 0.2) is 0 Å². The zero-order chi connectivity index (χ0) is 16.4. The molecule has 0 bridgehead atoms. The van der Waals surface area contributed by atoms with Crippen molar-refractivity contribution in [1.29, 1.82) is 0 Å². The fourth-order valence-corrected chi connectivity index (χ4v) is 4.05. The molecule has 0 spiro atoms. The highest BCUT2D eigenvalue weighted by Gasteiger charge is 2.31. The predicted molar refractivity (Wildman–Crippen MR) is 90.3 cm³/mol. The molecule has 1 unspecified atom stereocenters. The molecule has 24 heavy (non-hydrogen) atoms. The number of amides is 1. The molecule has 0 radical (unpaired) electrons. The Morgan fingerprint density at radius 2 is 2.00 bits per heavy atom. The molecular weight excluding hydrogens is 304 g/mol. The van der Waals surface area contributed by atoms with Gasteiger partial charge < -0.3 is 14.2 Å². The largest absolute Gasteiger partial charge is 0.379 e. The third-order valence-corrected chi connectivity index (χ3v) is 5.36. The molecule has 1 amide bonds. The van der Waals surface area contributed by atoms with E-state index in [1.165, 1.54) is 0 Å². The summed E-state index contributed by atoms with van der Waals surface area (Å²) in [5, 5.41) is 0. The number of carbonyl (C=O) groups excluding carboxylic acids is 1. The van der Waals surface area contributed by atoms with Gasteiger partial charge in [0.2, 0.25) is 5.91 Å². The average Bonchev–Trinajstić information content (AvgIpc) is 3.24. The van der Waals surface area contributed by atoms with Crippen molar-refractivity contribution in [1.82, 2.24) is 19.4 Å². The van der Waals surface area contributed by atoms with Gasteiger partial charge in [0, 0.05) is 57.0 Å². The fourth-order valence-electron chi connectivity index (χ4n) is 4.05. The van der Waals surface area contributed by atoms with Gasteiger partial charge in [-0.05, 0) is 12.8 Å². The average molecular weight is 330 g/mol. The van der Waals surface area contributed by atoms with Crippen molar-refractivity contribution in [2.45, 2.75) is 25.9 Å². The maximum atomic E-state index is 12.9. The first-order chi connectivity index (χ1) is 11.8. The molecule has 1 saturated heterocycles. The molecule has 1 aliphatic carbocycles. The lowest BCUT2D eigenvalue weighted by molar-refractivity contribution is -0.136. The maximum absolute atomic E-state index is 12.9. The van der Waals surface area contributed by atoms with Crippen molar-refractivity contribution in [3.05, 3.63) is 30.4 Å². The lowest BCUT2D eigenvalue weighted by Gasteiger charge is -2.32. The Labute approximate surface area is 143 Å². The van der Waals surface area contributed by atoms with Crippen LogP contribution in [0.15, 0.2) is 24.5 Å². The summed E-state index contributed by atoms with van der Waals surface area (Å²) in [5.74, 6) is 1.88. The minimum absolute atomic E-state index is 0.135. The number of ether oxygens (including phenoxy) is 1. The first kappa shape index (κ1) is 15.8. The van der Waals surface area contributed by atoms with Crippen molar-refractivity contribution in [2.75, 3.05) is 39.4 Å². The van der Waals surface area contributed by atoms with Crippen LogP contribution in [0.5, 0.6) is 0 Å². The van der Waals surface area contributed by atoms with Gasteiger partial charge >= 0.3 is 0 Å². The van der Waals surface area contributed by atoms with Crippen LogP contribution in [0.2, 0.25) is 0 Å². The van der Waals surface area contributed by atoms with Crippen LogP contribution in [0.25, 0.3) is 0 Å². The molecule has 6 nitrogen and oxygen atoms in total. The molecule has 2 aliphatic heterocycles. The summed E-state index contributed by atoms with van der Waals surface area (Å²) in [7, 11) is 0. The monoisotopic (exact) mass is 330 g/mol. The quantitative estimate of drug-likeness (QED) is 0.780. The van der Waals surface area contributed by atoms with Gasteiger partial charge in [-0.25, -0.2) is 4.98 Å².